The van der Waals surface area contributed by atoms with Gasteiger partial charge in [0.2, 0.25) is 0 Å². The molecule has 0 amide bonds. The maximum absolute atomic E-state index is 10.4. The topological polar surface area (TPSA) is 38.7 Å². The highest BCUT2D eigenvalue weighted by Crippen LogP contribution is 2.39. The molecule has 1 N–H and O–H groups in total. The molecule has 2 rings (SSSR count). The summed E-state index contributed by atoms with van der Waals surface area (Å²) in [5.74, 6) is 1.36. The van der Waals surface area contributed by atoms with Gasteiger partial charge < -0.3 is 14.6 Å². The number of aromatic hydroxyl groups is 1. The molecule has 0 spiro atoms. The Labute approximate surface area is 131 Å². The van der Waals surface area contributed by atoms with Crippen molar-refractivity contribution in [3.63, 3.8) is 0 Å². The van der Waals surface area contributed by atoms with Crippen molar-refractivity contribution >= 4 is 0 Å². The van der Waals surface area contributed by atoms with E-state index in [1.54, 1.807) is 13.2 Å². The molecular weight excluding hydrogens is 276 g/mol. The molecule has 0 atom stereocenters. The summed E-state index contributed by atoms with van der Waals surface area (Å²) in [4.78, 5) is 0. The second-order valence-corrected chi connectivity index (χ2v) is 4.81. The zero-order chi connectivity index (χ0) is 15.9. The van der Waals surface area contributed by atoms with Crippen molar-refractivity contribution in [1.29, 1.82) is 0 Å². The van der Waals surface area contributed by atoms with Gasteiger partial charge in [-0.1, -0.05) is 30.9 Å². The number of rotatable bonds is 7. The van der Waals surface area contributed by atoms with E-state index in [1.807, 2.05) is 42.5 Å². The molecule has 2 aromatic rings. The third-order valence-electron chi connectivity index (χ3n) is 3.27. The molecular formula is C19H20O3. The minimum Gasteiger partial charge on any atom is -0.504 e. The quantitative estimate of drug-likeness (QED) is 0.771. The second kappa shape index (κ2) is 7.36. The van der Waals surface area contributed by atoms with E-state index < -0.39 is 0 Å². The van der Waals surface area contributed by atoms with E-state index in [-0.39, 0.29) is 5.75 Å². The maximum Gasteiger partial charge on any atom is 0.165 e. The van der Waals surface area contributed by atoms with Crippen molar-refractivity contribution < 1.29 is 14.6 Å². The van der Waals surface area contributed by atoms with Gasteiger partial charge in [-0.05, 0) is 41.8 Å². The highest BCUT2D eigenvalue weighted by molar-refractivity contribution is 5.74. The van der Waals surface area contributed by atoms with Crippen molar-refractivity contribution in [2.75, 3.05) is 13.7 Å². The summed E-state index contributed by atoms with van der Waals surface area (Å²) < 4.78 is 10.7. The fourth-order valence-corrected chi connectivity index (χ4v) is 2.21. The molecule has 0 aliphatic heterocycles. The molecule has 0 aromatic heterocycles. The van der Waals surface area contributed by atoms with Crippen LogP contribution in [0.15, 0.2) is 61.7 Å². The van der Waals surface area contributed by atoms with Crippen LogP contribution in [-0.2, 0) is 6.42 Å². The van der Waals surface area contributed by atoms with Crippen LogP contribution >= 0.6 is 0 Å². The van der Waals surface area contributed by atoms with Gasteiger partial charge in [0.05, 0.1) is 7.11 Å². The summed E-state index contributed by atoms with van der Waals surface area (Å²) in [6, 6.07) is 11.3. The number of ether oxygens (including phenoxy) is 2. The van der Waals surface area contributed by atoms with Crippen molar-refractivity contribution in [2.45, 2.75) is 6.42 Å². The van der Waals surface area contributed by atoms with Crippen LogP contribution in [0.1, 0.15) is 5.56 Å². The van der Waals surface area contributed by atoms with E-state index in [4.69, 9.17) is 9.47 Å². The number of allylic oxidation sites excluding steroid dienone is 1. The van der Waals surface area contributed by atoms with Crippen molar-refractivity contribution in [1.82, 2.24) is 0 Å². The Morgan fingerprint density at radius 3 is 2.41 bits per heavy atom. The van der Waals surface area contributed by atoms with E-state index in [0.717, 1.165) is 22.4 Å². The first-order valence-electron chi connectivity index (χ1n) is 7.04. The lowest BCUT2D eigenvalue weighted by Gasteiger charge is -2.12. The molecule has 0 saturated heterocycles. The van der Waals surface area contributed by atoms with Crippen LogP contribution in [0, 0.1) is 0 Å². The molecule has 114 valence electrons. The van der Waals surface area contributed by atoms with Crippen LogP contribution in [0.2, 0.25) is 0 Å². The monoisotopic (exact) mass is 296 g/mol. The molecule has 0 fully saturated rings. The fraction of sp³-hybridized carbons (Fsp3) is 0.158. The summed E-state index contributed by atoms with van der Waals surface area (Å²) in [6.45, 7) is 7.83. The minimum absolute atomic E-state index is 0.134. The van der Waals surface area contributed by atoms with Gasteiger partial charge >= 0.3 is 0 Å². The zero-order valence-electron chi connectivity index (χ0n) is 12.7. The lowest BCUT2D eigenvalue weighted by molar-refractivity contribution is 0.363. The van der Waals surface area contributed by atoms with Crippen LogP contribution in [0.4, 0.5) is 0 Å². The van der Waals surface area contributed by atoms with Crippen molar-refractivity contribution in [2.24, 2.45) is 0 Å². The summed E-state index contributed by atoms with van der Waals surface area (Å²) in [5.41, 5.74) is 2.66. The number of methoxy groups -OCH3 is 1. The summed E-state index contributed by atoms with van der Waals surface area (Å²) in [6.07, 6.45) is 4.23. The SMILES string of the molecule is C=CCOc1ccc(-c2cc(CC=C)cc(OC)c2O)cc1. The van der Waals surface area contributed by atoms with Gasteiger partial charge in [-0.15, -0.1) is 6.58 Å². The van der Waals surface area contributed by atoms with Crippen LogP contribution in [0.3, 0.4) is 0 Å². The highest BCUT2D eigenvalue weighted by Gasteiger charge is 2.12. The second-order valence-electron chi connectivity index (χ2n) is 4.81. The third-order valence-corrected chi connectivity index (χ3v) is 3.27. The van der Waals surface area contributed by atoms with E-state index in [1.165, 1.54) is 0 Å². The Kier molecular flexibility index (Phi) is 5.26. The Balaban J connectivity index is 2.39. The van der Waals surface area contributed by atoms with Gasteiger partial charge in [0.25, 0.3) is 0 Å². The average Bonchev–Trinajstić information content (AvgIpc) is 2.55. The smallest absolute Gasteiger partial charge is 0.165 e. The van der Waals surface area contributed by atoms with Crippen LogP contribution in [0.25, 0.3) is 11.1 Å². The first-order chi connectivity index (χ1) is 10.7. The van der Waals surface area contributed by atoms with Gasteiger partial charge in [0.1, 0.15) is 12.4 Å². The number of hydrogen-bond donors (Lipinski definition) is 1. The zero-order valence-corrected chi connectivity index (χ0v) is 12.7. The Morgan fingerprint density at radius 2 is 1.82 bits per heavy atom. The molecule has 2 aromatic carbocycles. The van der Waals surface area contributed by atoms with Crippen molar-refractivity contribution in [3.8, 4) is 28.4 Å². The molecule has 0 aliphatic carbocycles. The fourth-order valence-electron chi connectivity index (χ4n) is 2.21. The normalized spacial score (nSPS) is 10.0. The maximum atomic E-state index is 10.4. The third kappa shape index (κ3) is 3.50. The number of hydrogen-bond acceptors (Lipinski definition) is 3. The predicted octanol–water partition coefficient (Wildman–Crippen LogP) is 4.36. The first-order valence-corrected chi connectivity index (χ1v) is 7.04. The minimum atomic E-state index is 0.134. The Hall–Kier alpha value is -2.68. The highest BCUT2D eigenvalue weighted by atomic mass is 16.5. The van der Waals surface area contributed by atoms with Crippen LogP contribution in [0.5, 0.6) is 17.2 Å². The average molecular weight is 296 g/mol. The van der Waals surface area contributed by atoms with Crippen LogP contribution < -0.4 is 9.47 Å². The van der Waals surface area contributed by atoms with Crippen molar-refractivity contribution in [3.05, 3.63) is 67.3 Å². The van der Waals surface area contributed by atoms with E-state index >= 15 is 0 Å². The van der Waals surface area contributed by atoms with Crippen LogP contribution in [-0.4, -0.2) is 18.8 Å². The van der Waals surface area contributed by atoms with Gasteiger partial charge in [-0.3, -0.25) is 0 Å². The molecule has 0 unspecified atom stereocenters. The number of benzene rings is 2. The first kappa shape index (κ1) is 15.7. The summed E-state index contributed by atoms with van der Waals surface area (Å²) >= 11 is 0. The van der Waals surface area contributed by atoms with E-state index in [2.05, 4.69) is 13.2 Å². The lowest BCUT2D eigenvalue weighted by Crippen LogP contribution is -1.93. The molecule has 0 bridgehead atoms. The number of phenols is 1. The summed E-state index contributed by atoms with van der Waals surface area (Å²) in [5, 5.41) is 10.4. The standard InChI is InChI=1S/C19H20O3/c1-4-6-14-12-17(19(20)18(13-14)21-3)15-7-9-16(10-8-15)22-11-5-2/h4-5,7-10,12-13,20H,1-2,6,11H2,3H3. The summed E-state index contributed by atoms with van der Waals surface area (Å²) in [7, 11) is 1.54. The van der Waals surface area contributed by atoms with Gasteiger partial charge in [0, 0.05) is 5.56 Å². The molecule has 0 radical (unpaired) electrons. The molecule has 3 nitrogen and oxygen atoms in total. The predicted molar refractivity (Wildman–Crippen MR) is 89.7 cm³/mol. The van der Waals surface area contributed by atoms with Gasteiger partial charge in [0.15, 0.2) is 11.5 Å². The van der Waals surface area contributed by atoms with E-state index in [9.17, 15) is 5.11 Å². The van der Waals surface area contributed by atoms with Gasteiger partial charge in [-0.2, -0.15) is 0 Å². The molecule has 0 heterocycles. The lowest BCUT2D eigenvalue weighted by atomic mass is 9.99. The number of phenolic OH excluding ortho intramolecular Hbond substituents is 1. The van der Waals surface area contributed by atoms with Gasteiger partial charge in [-0.25, -0.2) is 0 Å². The molecule has 22 heavy (non-hydrogen) atoms. The molecule has 3 heteroatoms. The Morgan fingerprint density at radius 1 is 1.09 bits per heavy atom. The Bertz CT molecular complexity index is 657. The largest absolute Gasteiger partial charge is 0.504 e. The molecule has 0 saturated carbocycles. The molecule has 0 aliphatic rings. The van der Waals surface area contributed by atoms with E-state index in [0.29, 0.717) is 18.8 Å².